The molecule has 29 heavy (non-hydrogen) atoms. The first-order chi connectivity index (χ1) is 13.7. The highest BCUT2D eigenvalue weighted by Gasteiger charge is 2.27. The molecular weight excluding hydrogens is 374 g/mol. The highest BCUT2D eigenvalue weighted by Crippen LogP contribution is 2.13. The van der Waals surface area contributed by atoms with E-state index in [1.165, 1.54) is 0 Å². The second-order valence-corrected chi connectivity index (χ2v) is 7.91. The number of carbonyl (C=O) groups excluding carboxylic acids is 3. The summed E-state index contributed by atoms with van der Waals surface area (Å²) < 4.78 is 10.5. The van der Waals surface area contributed by atoms with Crippen LogP contribution in [-0.2, 0) is 14.3 Å². The van der Waals surface area contributed by atoms with Gasteiger partial charge in [-0.05, 0) is 51.5 Å². The van der Waals surface area contributed by atoms with Gasteiger partial charge < -0.3 is 24.6 Å². The van der Waals surface area contributed by atoms with Gasteiger partial charge in [0.2, 0.25) is 5.91 Å². The van der Waals surface area contributed by atoms with Crippen LogP contribution in [0, 0.1) is 0 Å². The van der Waals surface area contributed by atoms with Crippen molar-refractivity contribution >= 4 is 23.7 Å². The van der Waals surface area contributed by atoms with Gasteiger partial charge in [-0.1, -0.05) is 6.92 Å². The molecule has 2 rings (SSSR count). The SMILES string of the molecule is CCCOC(=O)c1ccc(NCC(=O)N2CCN(C(=O)OC(C)(C)C)CC2)cc1. The smallest absolute Gasteiger partial charge is 0.410 e. The van der Waals surface area contributed by atoms with Gasteiger partial charge in [0.25, 0.3) is 0 Å². The van der Waals surface area contributed by atoms with Crippen LogP contribution in [0.3, 0.4) is 0 Å². The van der Waals surface area contributed by atoms with Crippen molar-refractivity contribution in [3.8, 4) is 0 Å². The standard InChI is InChI=1S/C21H31N3O5/c1-5-14-28-19(26)16-6-8-17(9-7-16)22-15-18(25)23-10-12-24(13-11-23)20(27)29-21(2,3)4/h6-9,22H,5,10-15H2,1-4H3. The number of hydrogen-bond acceptors (Lipinski definition) is 6. The molecule has 0 unspecified atom stereocenters. The van der Waals surface area contributed by atoms with Crippen molar-refractivity contribution in [2.24, 2.45) is 0 Å². The summed E-state index contributed by atoms with van der Waals surface area (Å²) >= 11 is 0. The number of esters is 1. The molecule has 1 saturated heterocycles. The largest absolute Gasteiger partial charge is 0.462 e. The maximum absolute atomic E-state index is 12.4. The summed E-state index contributed by atoms with van der Waals surface area (Å²) in [6.45, 7) is 9.83. The highest BCUT2D eigenvalue weighted by molar-refractivity contribution is 5.90. The number of benzene rings is 1. The summed E-state index contributed by atoms with van der Waals surface area (Å²) in [7, 11) is 0. The molecule has 0 saturated carbocycles. The number of anilines is 1. The molecule has 0 atom stereocenters. The molecule has 0 radical (unpaired) electrons. The number of piperazine rings is 1. The Morgan fingerprint density at radius 1 is 1.00 bits per heavy atom. The minimum Gasteiger partial charge on any atom is -0.462 e. The summed E-state index contributed by atoms with van der Waals surface area (Å²) in [5, 5.41) is 3.07. The topological polar surface area (TPSA) is 88.2 Å². The summed E-state index contributed by atoms with van der Waals surface area (Å²) in [4.78, 5) is 39.7. The minimum atomic E-state index is -0.532. The Morgan fingerprint density at radius 2 is 1.59 bits per heavy atom. The Hall–Kier alpha value is -2.77. The summed E-state index contributed by atoms with van der Waals surface area (Å²) in [6, 6.07) is 6.83. The van der Waals surface area contributed by atoms with Crippen LogP contribution in [0.5, 0.6) is 0 Å². The maximum Gasteiger partial charge on any atom is 0.410 e. The van der Waals surface area contributed by atoms with Gasteiger partial charge in [-0.3, -0.25) is 4.79 Å². The van der Waals surface area contributed by atoms with Crippen LogP contribution in [0.25, 0.3) is 0 Å². The summed E-state index contributed by atoms with van der Waals surface area (Å²) in [5.41, 5.74) is 0.697. The van der Waals surface area contributed by atoms with E-state index in [-0.39, 0.29) is 24.5 Å². The van der Waals surface area contributed by atoms with E-state index in [0.29, 0.717) is 38.3 Å². The third-order valence-electron chi connectivity index (χ3n) is 4.29. The normalized spacial score (nSPS) is 14.3. The van der Waals surface area contributed by atoms with Gasteiger partial charge >= 0.3 is 12.1 Å². The van der Waals surface area contributed by atoms with Gasteiger partial charge in [0.05, 0.1) is 18.7 Å². The molecule has 0 spiro atoms. The number of carbonyl (C=O) groups is 3. The molecule has 1 aromatic rings. The van der Waals surface area contributed by atoms with Crippen LogP contribution in [0.1, 0.15) is 44.5 Å². The Labute approximate surface area is 172 Å². The quantitative estimate of drug-likeness (QED) is 0.732. The number of amides is 2. The number of hydrogen-bond donors (Lipinski definition) is 1. The predicted octanol–water partition coefficient (Wildman–Crippen LogP) is 2.74. The lowest BCUT2D eigenvalue weighted by Crippen LogP contribution is -2.52. The molecule has 0 bridgehead atoms. The number of ether oxygens (including phenoxy) is 2. The van der Waals surface area contributed by atoms with E-state index in [1.54, 1.807) is 34.1 Å². The minimum absolute atomic E-state index is 0.0414. The van der Waals surface area contributed by atoms with E-state index in [0.717, 1.165) is 12.1 Å². The zero-order chi connectivity index (χ0) is 21.4. The molecule has 160 valence electrons. The zero-order valence-corrected chi connectivity index (χ0v) is 17.7. The van der Waals surface area contributed by atoms with Crippen LogP contribution in [0.15, 0.2) is 24.3 Å². The first-order valence-corrected chi connectivity index (χ1v) is 9.96. The fourth-order valence-corrected chi connectivity index (χ4v) is 2.76. The molecule has 1 heterocycles. The number of nitrogens with one attached hydrogen (secondary N) is 1. The van der Waals surface area contributed by atoms with Crippen molar-refractivity contribution in [1.82, 2.24) is 9.80 Å². The van der Waals surface area contributed by atoms with E-state index in [9.17, 15) is 14.4 Å². The number of nitrogens with zero attached hydrogens (tertiary/aromatic N) is 2. The average Bonchev–Trinajstić information content (AvgIpc) is 2.69. The van der Waals surface area contributed by atoms with Gasteiger partial charge in [-0.15, -0.1) is 0 Å². The fraction of sp³-hybridized carbons (Fsp3) is 0.571. The Kier molecular flexibility index (Phi) is 7.87. The maximum atomic E-state index is 12.4. The third kappa shape index (κ3) is 7.29. The van der Waals surface area contributed by atoms with Crippen LogP contribution >= 0.6 is 0 Å². The van der Waals surface area contributed by atoms with Crippen molar-refractivity contribution in [2.75, 3.05) is 44.6 Å². The Balaban J connectivity index is 1.76. The monoisotopic (exact) mass is 405 g/mol. The zero-order valence-electron chi connectivity index (χ0n) is 17.7. The molecule has 8 heteroatoms. The molecule has 0 aliphatic carbocycles. The highest BCUT2D eigenvalue weighted by atomic mass is 16.6. The van der Waals surface area contributed by atoms with E-state index in [1.807, 2.05) is 27.7 Å². The lowest BCUT2D eigenvalue weighted by molar-refractivity contribution is -0.131. The Morgan fingerprint density at radius 3 is 2.14 bits per heavy atom. The second-order valence-electron chi connectivity index (χ2n) is 7.91. The van der Waals surface area contributed by atoms with Gasteiger partial charge in [0, 0.05) is 31.9 Å². The average molecular weight is 405 g/mol. The molecule has 0 aromatic heterocycles. The van der Waals surface area contributed by atoms with Crippen molar-refractivity contribution in [2.45, 2.75) is 39.7 Å². The van der Waals surface area contributed by atoms with Crippen LogP contribution < -0.4 is 5.32 Å². The number of rotatable bonds is 6. The molecule has 2 amide bonds. The van der Waals surface area contributed by atoms with Crippen molar-refractivity contribution in [3.05, 3.63) is 29.8 Å². The summed E-state index contributed by atoms with van der Waals surface area (Å²) in [6.07, 6.45) is 0.430. The molecule has 1 aliphatic rings. The fourth-order valence-electron chi connectivity index (χ4n) is 2.76. The van der Waals surface area contributed by atoms with Gasteiger partial charge in [-0.2, -0.15) is 0 Å². The van der Waals surface area contributed by atoms with Gasteiger partial charge in [-0.25, -0.2) is 9.59 Å². The van der Waals surface area contributed by atoms with E-state index < -0.39 is 5.60 Å². The lowest BCUT2D eigenvalue weighted by atomic mass is 10.2. The predicted molar refractivity (Wildman–Crippen MR) is 110 cm³/mol. The van der Waals surface area contributed by atoms with E-state index >= 15 is 0 Å². The Bertz CT molecular complexity index is 704. The third-order valence-corrected chi connectivity index (χ3v) is 4.29. The molecule has 8 nitrogen and oxygen atoms in total. The van der Waals surface area contributed by atoms with E-state index in [2.05, 4.69) is 5.32 Å². The lowest BCUT2D eigenvalue weighted by Gasteiger charge is -2.35. The molecule has 1 N–H and O–H groups in total. The summed E-state index contributed by atoms with van der Waals surface area (Å²) in [5.74, 6) is -0.391. The molecule has 1 aromatic carbocycles. The first-order valence-electron chi connectivity index (χ1n) is 9.96. The van der Waals surface area contributed by atoms with Crippen molar-refractivity contribution in [3.63, 3.8) is 0 Å². The van der Waals surface area contributed by atoms with Crippen molar-refractivity contribution < 1.29 is 23.9 Å². The van der Waals surface area contributed by atoms with Gasteiger partial charge in [0.1, 0.15) is 5.60 Å². The van der Waals surface area contributed by atoms with Crippen LogP contribution in [0.2, 0.25) is 0 Å². The van der Waals surface area contributed by atoms with Crippen molar-refractivity contribution in [1.29, 1.82) is 0 Å². The first kappa shape index (κ1) is 22.5. The van der Waals surface area contributed by atoms with E-state index in [4.69, 9.17) is 9.47 Å². The van der Waals surface area contributed by atoms with Crippen LogP contribution in [0.4, 0.5) is 10.5 Å². The molecule has 1 aliphatic heterocycles. The molecular formula is C21H31N3O5. The van der Waals surface area contributed by atoms with Gasteiger partial charge in [0.15, 0.2) is 0 Å². The molecule has 1 fully saturated rings. The second kappa shape index (κ2) is 10.1. The van der Waals surface area contributed by atoms with Crippen LogP contribution in [-0.4, -0.2) is 72.7 Å².